The molecule has 0 radical (unpaired) electrons. The molecule has 1 aliphatic heterocycles. The Balaban J connectivity index is 1.94. The lowest BCUT2D eigenvalue weighted by Gasteiger charge is -2.21. The number of esters is 1. The smallest absolute Gasteiger partial charge is 0.306 e. The number of benzene rings is 1. The zero-order valence-electron chi connectivity index (χ0n) is 14.6. The van der Waals surface area contributed by atoms with Crippen molar-refractivity contribution in [2.75, 3.05) is 20.2 Å². The summed E-state index contributed by atoms with van der Waals surface area (Å²) in [6.07, 6.45) is 2.92. The minimum Gasteiger partial charge on any atom is -0.469 e. The fourth-order valence-electron chi connectivity index (χ4n) is 2.35. The second-order valence-corrected chi connectivity index (χ2v) is 7.48. The van der Waals surface area contributed by atoms with Crippen LogP contribution in [0.15, 0.2) is 39.5 Å². The van der Waals surface area contributed by atoms with Gasteiger partial charge in [-0.3, -0.25) is 14.6 Å². The largest absolute Gasteiger partial charge is 0.469 e. The average molecular weight is 382 g/mol. The van der Waals surface area contributed by atoms with E-state index in [1.165, 1.54) is 37.8 Å². The molecule has 1 amide bonds. The summed E-state index contributed by atoms with van der Waals surface area (Å²) in [5, 5.41) is 10.1. The van der Waals surface area contributed by atoms with E-state index in [1.54, 1.807) is 0 Å². The van der Waals surface area contributed by atoms with E-state index in [0.29, 0.717) is 5.69 Å². The van der Waals surface area contributed by atoms with Crippen LogP contribution in [-0.4, -0.2) is 45.5 Å². The third kappa shape index (κ3) is 6.10. The van der Waals surface area contributed by atoms with Gasteiger partial charge in [-0.25, -0.2) is 13.1 Å². The fourth-order valence-corrected chi connectivity index (χ4v) is 3.37. The van der Waals surface area contributed by atoms with Crippen LogP contribution in [0.2, 0.25) is 0 Å². The molecule has 9 nitrogen and oxygen atoms in total. The summed E-state index contributed by atoms with van der Waals surface area (Å²) in [5.41, 5.74) is 0.520. The predicted molar refractivity (Wildman–Crippen MR) is 93.0 cm³/mol. The summed E-state index contributed by atoms with van der Waals surface area (Å²) in [6, 6.07) is 5.73. The van der Waals surface area contributed by atoms with Crippen molar-refractivity contribution in [2.24, 2.45) is 10.3 Å². The Morgan fingerprint density at radius 1 is 1.12 bits per heavy atom. The maximum Gasteiger partial charge on any atom is 0.306 e. The molecule has 1 fully saturated rings. The standard InChI is InChI=1S/C16H22N4O5S/c1-25-16(22)10-9-15(21)18-26(23,24)14-7-5-13(6-8-14)17-19-20-11-3-2-4-12-20/h5-8H,2-4,9-12H2,1H3,(H,18,21). The summed E-state index contributed by atoms with van der Waals surface area (Å²) in [5.74, 6) is -1.36. The van der Waals surface area contributed by atoms with Gasteiger partial charge in [-0.15, -0.1) is 5.11 Å². The van der Waals surface area contributed by atoms with Crippen LogP contribution in [0.5, 0.6) is 0 Å². The molecule has 1 aromatic rings. The highest BCUT2D eigenvalue weighted by Crippen LogP contribution is 2.18. The molecule has 0 saturated carbocycles. The minimum atomic E-state index is -4.00. The van der Waals surface area contributed by atoms with Crippen molar-refractivity contribution < 1.29 is 22.7 Å². The number of hydrogen-bond acceptors (Lipinski definition) is 7. The van der Waals surface area contributed by atoms with Crippen LogP contribution >= 0.6 is 0 Å². The highest BCUT2D eigenvalue weighted by atomic mass is 32.2. The number of ether oxygens (including phenoxy) is 1. The normalized spacial score (nSPS) is 15.0. The lowest BCUT2D eigenvalue weighted by Crippen LogP contribution is -2.30. The lowest BCUT2D eigenvalue weighted by molar-refractivity contribution is -0.142. The molecule has 2 rings (SSSR count). The third-order valence-electron chi connectivity index (χ3n) is 3.80. The zero-order valence-corrected chi connectivity index (χ0v) is 15.4. The van der Waals surface area contributed by atoms with Gasteiger partial charge in [-0.1, -0.05) is 5.22 Å². The number of carbonyl (C=O) groups is 2. The van der Waals surface area contributed by atoms with E-state index in [4.69, 9.17) is 0 Å². The summed E-state index contributed by atoms with van der Waals surface area (Å²) in [7, 11) is -2.81. The number of methoxy groups -OCH3 is 1. The quantitative estimate of drug-likeness (QED) is 0.569. The number of rotatable bonds is 7. The number of carbonyl (C=O) groups excluding carboxylic acids is 2. The van der Waals surface area contributed by atoms with Gasteiger partial charge in [-0.2, -0.15) is 0 Å². The third-order valence-corrected chi connectivity index (χ3v) is 5.19. The Morgan fingerprint density at radius 3 is 2.38 bits per heavy atom. The molecule has 0 spiro atoms. The minimum absolute atomic E-state index is 0.0687. The first-order chi connectivity index (χ1) is 12.4. The van der Waals surface area contributed by atoms with Gasteiger partial charge >= 0.3 is 5.97 Å². The van der Waals surface area contributed by atoms with Gasteiger partial charge in [0, 0.05) is 19.5 Å². The van der Waals surface area contributed by atoms with Crippen LogP contribution < -0.4 is 4.72 Å². The predicted octanol–water partition coefficient (Wildman–Crippen LogP) is 1.93. The highest BCUT2D eigenvalue weighted by molar-refractivity contribution is 7.90. The number of nitrogens with one attached hydrogen (secondary N) is 1. The first-order valence-electron chi connectivity index (χ1n) is 8.30. The summed E-state index contributed by atoms with van der Waals surface area (Å²) < 4.78 is 30.6. The number of hydrogen-bond donors (Lipinski definition) is 1. The number of piperidine rings is 1. The van der Waals surface area contributed by atoms with Crippen LogP contribution in [0.4, 0.5) is 5.69 Å². The molecule has 1 saturated heterocycles. The van der Waals surface area contributed by atoms with Gasteiger partial charge in [0.25, 0.3) is 10.0 Å². The first kappa shape index (κ1) is 19.8. The van der Waals surface area contributed by atoms with Crippen molar-refractivity contribution in [1.82, 2.24) is 9.73 Å². The van der Waals surface area contributed by atoms with E-state index in [2.05, 4.69) is 15.1 Å². The molecular weight excluding hydrogens is 360 g/mol. The Hall–Kier alpha value is -2.49. The topological polar surface area (TPSA) is 117 Å². The van der Waals surface area contributed by atoms with Crippen LogP contribution in [0.25, 0.3) is 0 Å². The second-order valence-electron chi connectivity index (χ2n) is 5.80. The second kappa shape index (κ2) is 9.27. The van der Waals surface area contributed by atoms with Crippen LogP contribution in [0.3, 0.4) is 0 Å². The molecular formula is C16H22N4O5S. The van der Waals surface area contributed by atoms with E-state index in [9.17, 15) is 18.0 Å². The maximum atomic E-state index is 12.2. The maximum absolute atomic E-state index is 12.2. The van der Waals surface area contributed by atoms with Gasteiger partial charge in [0.05, 0.1) is 24.1 Å². The number of nitrogens with zero attached hydrogens (tertiary/aromatic N) is 3. The summed E-state index contributed by atoms with van der Waals surface area (Å²) >= 11 is 0. The molecule has 1 heterocycles. The van der Waals surface area contributed by atoms with Crippen molar-refractivity contribution >= 4 is 27.6 Å². The van der Waals surface area contributed by atoms with E-state index < -0.39 is 21.9 Å². The Labute approximate surface area is 152 Å². The SMILES string of the molecule is COC(=O)CCC(=O)NS(=O)(=O)c1ccc(N=NN2CCCCC2)cc1. The van der Waals surface area contributed by atoms with Crippen molar-refractivity contribution in [3.8, 4) is 0 Å². The Bertz CT molecular complexity index is 755. The molecule has 0 aromatic heterocycles. The van der Waals surface area contributed by atoms with E-state index >= 15 is 0 Å². The van der Waals surface area contributed by atoms with Gasteiger partial charge in [0.2, 0.25) is 5.91 Å². The molecule has 1 aliphatic rings. The van der Waals surface area contributed by atoms with Gasteiger partial charge in [-0.05, 0) is 43.5 Å². The van der Waals surface area contributed by atoms with Gasteiger partial charge in [0.15, 0.2) is 0 Å². The molecule has 1 N–H and O–H groups in total. The first-order valence-corrected chi connectivity index (χ1v) is 9.78. The van der Waals surface area contributed by atoms with Crippen LogP contribution in [0, 0.1) is 0 Å². The number of sulfonamides is 1. The average Bonchev–Trinajstić information content (AvgIpc) is 2.65. The van der Waals surface area contributed by atoms with E-state index in [0.717, 1.165) is 25.9 Å². The lowest BCUT2D eigenvalue weighted by atomic mass is 10.2. The van der Waals surface area contributed by atoms with E-state index in [-0.39, 0.29) is 17.7 Å². The molecule has 0 atom stereocenters. The van der Waals surface area contributed by atoms with Crippen molar-refractivity contribution in [2.45, 2.75) is 37.0 Å². The molecule has 0 aliphatic carbocycles. The molecule has 142 valence electrons. The molecule has 1 aromatic carbocycles. The van der Waals surface area contributed by atoms with Crippen molar-refractivity contribution in [3.63, 3.8) is 0 Å². The number of amides is 1. The van der Waals surface area contributed by atoms with Crippen LogP contribution in [0.1, 0.15) is 32.1 Å². The molecule has 0 bridgehead atoms. The summed E-state index contributed by atoms with van der Waals surface area (Å²) in [6.45, 7) is 1.74. The van der Waals surface area contributed by atoms with Crippen molar-refractivity contribution in [1.29, 1.82) is 0 Å². The van der Waals surface area contributed by atoms with Gasteiger partial charge in [0.1, 0.15) is 0 Å². The fraction of sp³-hybridized carbons (Fsp3) is 0.500. The Kier molecular flexibility index (Phi) is 7.07. The monoisotopic (exact) mass is 382 g/mol. The van der Waals surface area contributed by atoms with Gasteiger partial charge < -0.3 is 4.74 Å². The molecule has 10 heteroatoms. The van der Waals surface area contributed by atoms with Crippen LogP contribution in [-0.2, 0) is 24.3 Å². The van der Waals surface area contributed by atoms with E-state index in [1.807, 2.05) is 9.73 Å². The van der Waals surface area contributed by atoms with Crippen molar-refractivity contribution in [3.05, 3.63) is 24.3 Å². The highest BCUT2D eigenvalue weighted by Gasteiger charge is 2.18. The summed E-state index contributed by atoms with van der Waals surface area (Å²) in [4.78, 5) is 22.6. The zero-order chi connectivity index (χ0) is 19.0. The molecule has 0 unspecified atom stereocenters. The molecule has 26 heavy (non-hydrogen) atoms. The Morgan fingerprint density at radius 2 is 1.77 bits per heavy atom.